The molecule has 0 amide bonds. The summed E-state index contributed by atoms with van der Waals surface area (Å²) < 4.78 is 7.65. The third kappa shape index (κ3) is 1.78. The van der Waals surface area contributed by atoms with Crippen LogP contribution >= 0.6 is 0 Å². The Balaban J connectivity index is 2.20. The summed E-state index contributed by atoms with van der Waals surface area (Å²) in [6.07, 6.45) is 0.803. The summed E-state index contributed by atoms with van der Waals surface area (Å²) in [6, 6.07) is 14.1. The van der Waals surface area contributed by atoms with Gasteiger partial charge in [0.25, 0.3) is 5.56 Å². The largest absolute Gasteiger partial charge is 0.493 e. The maximum Gasteiger partial charge on any atom is 0.258 e. The first-order valence-electron chi connectivity index (χ1n) is 7.51. The molecular formula is C19H17NO2. The molecule has 0 N–H and O–H groups in total. The van der Waals surface area contributed by atoms with Gasteiger partial charge in [-0.1, -0.05) is 29.8 Å². The van der Waals surface area contributed by atoms with Crippen molar-refractivity contribution in [1.29, 1.82) is 0 Å². The van der Waals surface area contributed by atoms with Crippen LogP contribution in [0.15, 0.2) is 47.3 Å². The number of fused-ring (bicyclic) bond motifs is 5. The zero-order chi connectivity index (χ0) is 15.3. The highest BCUT2D eigenvalue weighted by molar-refractivity contribution is 5.91. The van der Waals surface area contributed by atoms with Crippen molar-refractivity contribution in [2.24, 2.45) is 7.05 Å². The van der Waals surface area contributed by atoms with E-state index in [1.807, 2.05) is 44.3 Å². The van der Waals surface area contributed by atoms with Crippen LogP contribution in [0.3, 0.4) is 0 Å². The Labute approximate surface area is 128 Å². The molecule has 0 saturated carbocycles. The van der Waals surface area contributed by atoms with Gasteiger partial charge in [0.15, 0.2) is 0 Å². The molecule has 3 heteroatoms. The standard InChI is InChI=1S/C19H17NO2/c1-12-7-8-13-14-9-10-22-17-6-4-3-5-15(17)18(14)20(2)19(21)16(13)11-12/h3-8,11H,9-10H2,1-2H3. The molecule has 0 atom stereocenters. The van der Waals surface area contributed by atoms with Crippen molar-refractivity contribution < 1.29 is 4.74 Å². The fourth-order valence-corrected chi connectivity index (χ4v) is 3.36. The zero-order valence-corrected chi connectivity index (χ0v) is 12.7. The lowest BCUT2D eigenvalue weighted by Crippen LogP contribution is -2.20. The second kappa shape index (κ2) is 4.73. The first-order chi connectivity index (χ1) is 10.7. The van der Waals surface area contributed by atoms with Gasteiger partial charge in [0.05, 0.1) is 12.3 Å². The molecule has 0 radical (unpaired) electrons. The second-order valence-electron chi connectivity index (χ2n) is 5.83. The molecule has 4 rings (SSSR count). The molecule has 2 aromatic carbocycles. The first kappa shape index (κ1) is 13.1. The van der Waals surface area contributed by atoms with E-state index in [9.17, 15) is 4.79 Å². The maximum absolute atomic E-state index is 12.8. The van der Waals surface area contributed by atoms with Gasteiger partial charge in [-0.2, -0.15) is 0 Å². The van der Waals surface area contributed by atoms with E-state index in [1.165, 1.54) is 5.56 Å². The predicted octanol–water partition coefficient (Wildman–Crippen LogP) is 3.45. The molecule has 0 bridgehead atoms. The van der Waals surface area contributed by atoms with Gasteiger partial charge < -0.3 is 9.30 Å². The van der Waals surface area contributed by atoms with Gasteiger partial charge in [-0.25, -0.2) is 0 Å². The minimum atomic E-state index is 0.0501. The van der Waals surface area contributed by atoms with Crippen LogP contribution < -0.4 is 10.3 Å². The Hall–Kier alpha value is -2.55. The van der Waals surface area contributed by atoms with Crippen molar-refractivity contribution in [3.05, 3.63) is 63.9 Å². The number of ether oxygens (including phenoxy) is 1. The molecule has 110 valence electrons. The van der Waals surface area contributed by atoms with Crippen LogP contribution in [0.5, 0.6) is 5.75 Å². The molecule has 2 heterocycles. The molecule has 1 aromatic heterocycles. The molecule has 0 saturated heterocycles. The Morgan fingerprint density at radius 2 is 1.91 bits per heavy atom. The van der Waals surface area contributed by atoms with Crippen molar-refractivity contribution in [2.75, 3.05) is 6.61 Å². The fourth-order valence-electron chi connectivity index (χ4n) is 3.36. The Bertz CT molecular complexity index is 954. The Morgan fingerprint density at radius 3 is 2.77 bits per heavy atom. The number of aromatic nitrogens is 1. The number of para-hydroxylation sites is 1. The van der Waals surface area contributed by atoms with Gasteiger partial charge in [-0.15, -0.1) is 0 Å². The predicted molar refractivity (Wildman–Crippen MR) is 88.6 cm³/mol. The van der Waals surface area contributed by atoms with Crippen LogP contribution in [0.4, 0.5) is 0 Å². The molecule has 1 aliphatic rings. The highest BCUT2D eigenvalue weighted by Gasteiger charge is 2.21. The van der Waals surface area contributed by atoms with Crippen LogP contribution in [-0.2, 0) is 13.5 Å². The van der Waals surface area contributed by atoms with Crippen LogP contribution in [0.1, 0.15) is 11.1 Å². The summed E-state index contributed by atoms with van der Waals surface area (Å²) in [6.45, 7) is 2.65. The molecule has 1 aliphatic heterocycles. The number of benzene rings is 2. The SMILES string of the molecule is Cc1ccc2c3c(n(C)c(=O)c2c1)-c1ccccc1OCC3. The van der Waals surface area contributed by atoms with Gasteiger partial charge >= 0.3 is 0 Å². The lowest BCUT2D eigenvalue weighted by atomic mass is 9.96. The van der Waals surface area contributed by atoms with Crippen molar-refractivity contribution >= 4 is 10.8 Å². The second-order valence-corrected chi connectivity index (χ2v) is 5.83. The average molecular weight is 291 g/mol. The van der Waals surface area contributed by atoms with E-state index < -0.39 is 0 Å². The smallest absolute Gasteiger partial charge is 0.258 e. The van der Waals surface area contributed by atoms with E-state index in [-0.39, 0.29) is 5.56 Å². The van der Waals surface area contributed by atoms with E-state index in [0.29, 0.717) is 6.61 Å². The average Bonchev–Trinajstić information content (AvgIpc) is 2.72. The third-order valence-corrected chi connectivity index (χ3v) is 4.41. The van der Waals surface area contributed by atoms with Gasteiger partial charge in [0, 0.05) is 24.4 Å². The summed E-state index contributed by atoms with van der Waals surface area (Å²) in [5.74, 6) is 0.850. The molecule has 0 unspecified atom stereocenters. The summed E-state index contributed by atoms with van der Waals surface area (Å²) in [4.78, 5) is 12.8. The van der Waals surface area contributed by atoms with Crippen molar-refractivity contribution in [3.63, 3.8) is 0 Å². The van der Waals surface area contributed by atoms with Gasteiger partial charge in [-0.05, 0) is 36.1 Å². The van der Waals surface area contributed by atoms with Crippen molar-refractivity contribution in [1.82, 2.24) is 4.57 Å². The topological polar surface area (TPSA) is 31.2 Å². The van der Waals surface area contributed by atoms with E-state index in [1.54, 1.807) is 4.57 Å². The molecule has 0 aliphatic carbocycles. The van der Waals surface area contributed by atoms with Crippen LogP contribution in [0, 0.1) is 6.92 Å². The number of rotatable bonds is 0. The summed E-state index contributed by atoms with van der Waals surface area (Å²) >= 11 is 0. The van der Waals surface area contributed by atoms with Gasteiger partial charge in [0.2, 0.25) is 0 Å². The van der Waals surface area contributed by atoms with Gasteiger partial charge in [0.1, 0.15) is 5.75 Å². The summed E-state index contributed by atoms with van der Waals surface area (Å²) in [7, 11) is 1.85. The van der Waals surface area contributed by atoms with E-state index in [0.717, 1.165) is 39.8 Å². The molecule has 0 spiro atoms. The number of pyridine rings is 1. The lowest BCUT2D eigenvalue weighted by Gasteiger charge is -2.16. The van der Waals surface area contributed by atoms with Crippen LogP contribution in [0.2, 0.25) is 0 Å². The Morgan fingerprint density at radius 1 is 1.09 bits per heavy atom. The monoisotopic (exact) mass is 291 g/mol. The maximum atomic E-state index is 12.8. The molecule has 3 nitrogen and oxygen atoms in total. The van der Waals surface area contributed by atoms with Gasteiger partial charge in [-0.3, -0.25) is 4.79 Å². The number of hydrogen-bond acceptors (Lipinski definition) is 2. The fraction of sp³-hybridized carbons (Fsp3) is 0.211. The minimum absolute atomic E-state index is 0.0501. The molecule has 3 aromatic rings. The van der Waals surface area contributed by atoms with Crippen LogP contribution in [0.25, 0.3) is 22.0 Å². The van der Waals surface area contributed by atoms with Crippen molar-refractivity contribution in [2.45, 2.75) is 13.3 Å². The first-order valence-corrected chi connectivity index (χ1v) is 7.51. The molecular weight excluding hydrogens is 274 g/mol. The van der Waals surface area contributed by atoms with Crippen molar-refractivity contribution in [3.8, 4) is 17.0 Å². The number of hydrogen-bond donors (Lipinski definition) is 0. The van der Waals surface area contributed by atoms with E-state index >= 15 is 0 Å². The quantitative estimate of drug-likeness (QED) is 0.635. The highest BCUT2D eigenvalue weighted by atomic mass is 16.5. The summed E-state index contributed by atoms with van der Waals surface area (Å²) in [5, 5.41) is 1.84. The molecule has 0 fully saturated rings. The normalized spacial score (nSPS) is 13.2. The lowest BCUT2D eigenvalue weighted by molar-refractivity contribution is 0.327. The zero-order valence-electron chi connectivity index (χ0n) is 12.7. The van der Waals surface area contributed by atoms with E-state index in [2.05, 4.69) is 12.1 Å². The minimum Gasteiger partial charge on any atom is -0.493 e. The van der Waals surface area contributed by atoms with E-state index in [4.69, 9.17) is 4.74 Å². The summed E-state index contributed by atoms with van der Waals surface area (Å²) in [5.41, 5.74) is 4.33. The van der Waals surface area contributed by atoms with Crippen LogP contribution in [-0.4, -0.2) is 11.2 Å². The highest BCUT2D eigenvalue weighted by Crippen LogP contribution is 2.36. The third-order valence-electron chi connectivity index (χ3n) is 4.41. The number of nitrogens with zero attached hydrogens (tertiary/aromatic N) is 1. The number of aryl methyl sites for hydroxylation is 1. The Kier molecular flexibility index (Phi) is 2.83. The molecule has 22 heavy (non-hydrogen) atoms.